The zero-order chi connectivity index (χ0) is 14.4. The first-order valence-electron chi connectivity index (χ1n) is 6.31. The molecule has 0 radical (unpaired) electrons. The fourth-order valence-electron chi connectivity index (χ4n) is 1.55. The molecule has 0 spiro atoms. The number of thioether (sulfide) groups is 1. The third-order valence-electron chi connectivity index (χ3n) is 2.49. The van der Waals surface area contributed by atoms with Crippen LogP contribution in [-0.2, 0) is 15.3 Å². The van der Waals surface area contributed by atoms with Crippen molar-refractivity contribution in [1.29, 1.82) is 0 Å². The third kappa shape index (κ3) is 4.12. The highest BCUT2D eigenvalue weighted by Crippen LogP contribution is 2.22. The largest absolute Gasteiger partial charge is 0.472 e. The summed E-state index contributed by atoms with van der Waals surface area (Å²) in [5.74, 6) is 1.44. The minimum Gasteiger partial charge on any atom is -0.472 e. The van der Waals surface area contributed by atoms with E-state index in [1.807, 2.05) is 6.92 Å². The zero-order valence-corrected chi connectivity index (χ0v) is 12.2. The van der Waals surface area contributed by atoms with Crippen LogP contribution in [0, 0.1) is 0 Å². The fraction of sp³-hybridized carbons (Fsp3) is 0.462. The van der Waals surface area contributed by atoms with Crippen molar-refractivity contribution >= 4 is 17.7 Å². The summed E-state index contributed by atoms with van der Waals surface area (Å²) in [6, 6.07) is 1.76. The molecule has 6 nitrogen and oxygen atoms in total. The van der Waals surface area contributed by atoms with Crippen molar-refractivity contribution in [3.8, 4) is 11.5 Å². The maximum Gasteiger partial charge on any atom is 0.306 e. The van der Waals surface area contributed by atoms with E-state index in [1.54, 1.807) is 37.3 Å². The summed E-state index contributed by atoms with van der Waals surface area (Å²) < 4.78 is 15.0. The van der Waals surface area contributed by atoms with E-state index in [0.717, 1.165) is 5.56 Å². The van der Waals surface area contributed by atoms with Crippen molar-refractivity contribution in [2.75, 3.05) is 6.61 Å². The van der Waals surface area contributed by atoms with Gasteiger partial charge in [-0.2, -0.15) is 4.98 Å². The molecule has 0 aliphatic heterocycles. The van der Waals surface area contributed by atoms with E-state index in [2.05, 4.69) is 10.1 Å². The molecule has 7 heteroatoms. The molecular formula is C13H16N2O4S. The maximum absolute atomic E-state index is 11.3. The molecule has 0 fully saturated rings. The van der Waals surface area contributed by atoms with Gasteiger partial charge < -0.3 is 13.7 Å². The predicted molar refractivity (Wildman–Crippen MR) is 74.0 cm³/mol. The smallest absolute Gasteiger partial charge is 0.306 e. The lowest BCUT2D eigenvalue weighted by Crippen LogP contribution is -2.10. The lowest BCUT2D eigenvalue weighted by Gasteiger charge is -2.08. The topological polar surface area (TPSA) is 78.4 Å². The Bertz CT molecular complexity index is 538. The summed E-state index contributed by atoms with van der Waals surface area (Å²) in [5, 5.41) is 4.04. The van der Waals surface area contributed by atoms with E-state index < -0.39 is 0 Å². The quantitative estimate of drug-likeness (QED) is 0.727. The minimum atomic E-state index is -0.181. The number of carbonyl (C=O) groups excluding carboxylic acids is 1. The number of hydrogen-bond donors (Lipinski definition) is 0. The standard InChI is InChI=1S/C13H16N2O4S/c1-3-18-12(16)6-9(2)20-8-11-14-13(19-15-11)10-4-5-17-7-10/h4-5,7,9H,3,6,8H2,1-2H3/t9-/m1/s1. The minimum absolute atomic E-state index is 0.143. The number of rotatable bonds is 7. The molecule has 0 N–H and O–H groups in total. The van der Waals surface area contributed by atoms with Gasteiger partial charge >= 0.3 is 5.97 Å². The molecule has 0 aliphatic rings. The first kappa shape index (κ1) is 14.6. The lowest BCUT2D eigenvalue weighted by molar-refractivity contribution is -0.142. The van der Waals surface area contributed by atoms with Crippen LogP contribution in [0.3, 0.4) is 0 Å². The number of furan rings is 1. The molecule has 1 atom stereocenters. The van der Waals surface area contributed by atoms with E-state index in [9.17, 15) is 4.79 Å². The van der Waals surface area contributed by atoms with Crippen LogP contribution in [-0.4, -0.2) is 28.0 Å². The van der Waals surface area contributed by atoms with E-state index >= 15 is 0 Å². The lowest BCUT2D eigenvalue weighted by atomic mass is 10.3. The van der Waals surface area contributed by atoms with Crippen LogP contribution >= 0.6 is 11.8 Å². The Morgan fingerprint density at radius 3 is 3.10 bits per heavy atom. The molecule has 20 heavy (non-hydrogen) atoms. The summed E-state index contributed by atoms with van der Waals surface area (Å²) in [7, 11) is 0. The molecule has 0 aromatic carbocycles. The van der Waals surface area contributed by atoms with Crippen molar-refractivity contribution in [3.63, 3.8) is 0 Å². The monoisotopic (exact) mass is 296 g/mol. The van der Waals surface area contributed by atoms with Gasteiger partial charge in [-0.3, -0.25) is 4.79 Å². The number of hydrogen-bond acceptors (Lipinski definition) is 7. The van der Waals surface area contributed by atoms with Gasteiger partial charge in [-0.1, -0.05) is 12.1 Å². The number of aromatic nitrogens is 2. The van der Waals surface area contributed by atoms with Crippen molar-refractivity contribution in [3.05, 3.63) is 24.4 Å². The van der Waals surface area contributed by atoms with Gasteiger partial charge in [-0.25, -0.2) is 0 Å². The molecule has 108 valence electrons. The highest BCUT2D eigenvalue weighted by molar-refractivity contribution is 7.99. The Balaban J connectivity index is 1.81. The van der Waals surface area contributed by atoms with Crippen molar-refractivity contribution in [2.45, 2.75) is 31.3 Å². The molecular weight excluding hydrogens is 280 g/mol. The second-order valence-electron chi connectivity index (χ2n) is 4.16. The number of esters is 1. The van der Waals surface area contributed by atoms with Gasteiger partial charge in [0.15, 0.2) is 5.82 Å². The molecule has 2 heterocycles. The molecule has 2 aromatic heterocycles. The van der Waals surface area contributed by atoms with Gasteiger partial charge in [0.1, 0.15) is 6.26 Å². The van der Waals surface area contributed by atoms with E-state index in [4.69, 9.17) is 13.7 Å². The van der Waals surface area contributed by atoms with Crippen LogP contribution in [0.2, 0.25) is 0 Å². The Morgan fingerprint density at radius 1 is 1.55 bits per heavy atom. The van der Waals surface area contributed by atoms with Crippen molar-refractivity contribution in [2.24, 2.45) is 0 Å². The Kier molecular flexibility index (Phi) is 5.23. The van der Waals surface area contributed by atoms with E-state index in [-0.39, 0.29) is 11.2 Å². The van der Waals surface area contributed by atoms with Crippen LogP contribution in [0.5, 0.6) is 0 Å². The molecule has 0 amide bonds. The molecule has 0 saturated carbocycles. The number of ether oxygens (including phenoxy) is 1. The van der Waals surface area contributed by atoms with E-state index in [1.165, 1.54) is 0 Å². The molecule has 0 saturated heterocycles. The molecule has 0 bridgehead atoms. The highest BCUT2D eigenvalue weighted by Gasteiger charge is 2.14. The van der Waals surface area contributed by atoms with E-state index in [0.29, 0.717) is 30.5 Å². The van der Waals surface area contributed by atoms with Gasteiger partial charge in [0.25, 0.3) is 5.89 Å². The van der Waals surface area contributed by atoms with Crippen molar-refractivity contribution in [1.82, 2.24) is 10.1 Å². The summed E-state index contributed by atoms with van der Waals surface area (Å²) >= 11 is 1.58. The Morgan fingerprint density at radius 2 is 2.40 bits per heavy atom. The molecule has 0 aliphatic carbocycles. The second-order valence-corrected chi connectivity index (χ2v) is 5.59. The maximum atomic E-state index is 11.3. The molecule has 2 aromatic rings. The summed E-state index contributed by atoms with van der Waals surface area (Å²) in [6.07, 6.45) is 3.48. The number of carbonyl (C=O) groups is 1. The van der Waals surface area contributed by atoms with Gasteiger partial charge in [-0.15, -0.1) is 11.8 Å². The Hall–Kier alpha value is -1.76. The molecule has 2 rings (SSSR count). The zero-order valence-electron chi connectivity index (χ0n) is 11.4. The van der Waals surface area contributed by atoms with Crippen LogP contribution in [0.25, 0.3) is 11.5 Å². The van der Waals surface area contributed by atoms with Crippen LogP contribution in [0.4, 0.5) is 0 Å². The average molecular weight is 296 g/mol. The van der Waals surface area contributed by atoms with Gasteiger partial charge in [0.2, 0.25) is 0 Å². The predicted octanol–water partition coefficient (Wildman–Crippen LogP) is 2.90. The first-order valence-corrected chi connectivity index (χ1v) is 7.36. The SMILES string of the molecule is CCOC(=O)C[C@@H](C)SCc1noc(-c2ccoc2)n1. The summed E-state index contributed by atoms with van der Waals surface area (Å²) in [4.78, 5) is 15.6. The van der Waals surface area contributed by atoms with Gasteiger partial charge in [0.05, 0.1) is 30.6 Å². The van der Waals surface area contributed by atoms with Crippen LogP contribution in [0.15, 0.2) is 27.5 Å². The van der Waals surface area contributed by atoms with Crippen molar-refractivity contribution < 1.29 is 18.5 Å². The van der Waals surface area contributed by atoms with Gasteiger partial charge in [0, 0.05) is 5.25 Å². The molecule has 0 unspecified atom stereocenters. The van der Waals surface area contributed by atoms with Crippen LogP contribution in [0.1, 0.15) is 26.1 Å². The highest BCUT2D eigenvalue weighted by atomic mass is 32.2. The fourth-order valence-corrected chi connectivity index (χ4v) is 2.35. The van der Waals surface area contributed by atoms with Gasteiger partial charge in [-0.05, 0) is 13.0 Å². The number of nitrogens with zero attached hydrogens (tertiary/aromatic N) is 2. The summed E-state index contributed by atoms with van der Waals surface area (Å²) in [5.41, 5.74) is 0.758. The first-order chi connectivity index (χ1) is 9.69. The summed E-state index contributed by atoms with van der Waals surface area (Å²) in [6.45, 7) is 4.18. The Labute approximate surface area is 120 Å². The second kappa shape index (κ2) is 7.14. The normalized spacial score (nSPS) is 12.3. The average Bonchev–Trinajstić information content (AvgIpc) is 3.07. The van der Waals surface area contributed by atoms with Crippen LogP contribution < -0.4 is 0 Å². The third-order valence-corrected chi connectivity index (χ3v) is 3.65.